The number of carboxylic acids is 1. The lowest BCUT2D eigenvalue weighted by atomic mass is 10.1. The Hall–Kier alpha value is -2.09. The van der Waals surface area contributed by atoms with E-state index in [4.69, 9.17) is 5.11 Å². The van der Waals surface area contributed by atoms with E-state index in [1.54, 1.807) is 24.3 Å². The Morgan fingerprint density at radius 1 is 1.32 bits per heavy atom. The molecule has 0 heterocycles. The smallest absolute Gasteiger partial charge is 0.323 e. The van der Waals surface area contributed by atoms with E-state index in [0.717, 1.165) is 6.26 Å². The van der Waals surface area contributed by atoms with Crippen LogP contribution >= 0.6 is 0 Å². The van der Waals surface area contributed by atoms with E-state index in [2.05, 4.69) is 4.72 Å². The summed E-state index contributed by atoms with van der Waals surface area (Å²) in [5, 5.41) is 8.83. The minimum absolute atomic E-state index is 0.0204. The lowest BCUT2D eigenvalue weighted by Crippen LogP contribution is -2.37. The fraction of sp³-hybridized carbons (Fsp3) is 0.429. The van der Waals surface area contributed by atoms with Crippen molar-refractivity contribution in [2.75, 3.05) is 24.1 Å². The molecule has 1 aromatic rings. The zero-order chi connectivity index (χ0) is 16.8. The molecule has 1 aromatic carbocycles. The van der Waals surface area contributed by atoms with E-state index >= 15 is 0 Å². The van der Waals surface area contributed by atoms with Gasteiger partial charge in [0.05, 0.1) is 12.7 Å². The summed E-state index contributed by atoms with van der Waals surface area (Å²) in [6.07, 6.45) is 1.72. The molecule has 0 saturated heterocycles. The van der Waals surface area contributed by atoms with Gasteiger partial charge in [-0.1, -0.05) is 19.1 Å². The molecule has 0 saturated carbocycles. The molecule has 8 heteroatoms. The number of aliphatic carboxylic acids is 1. The Balaban J connectivity index is 2.82. The van der Waals surface area contributed by atoms with Crippen molar-refractivity contribution in [3.8, 4) is 0 Å². The van der Waals surface area contributed by atoms with Gasteiger partial charge in [-0.05, 0) is 24.1 Å². The summed E-state index contributed by atoms with van der Waals surface area (Å²) in [6.45, 7) is 1.89. The molecule has 0 bridgehead atoms. The minimum atomic E-state index is -3.39. The van der Waals surface area contributed by atoms with Gasteiger partial charge in [0.25, 0.3) is 0 Å². The monoisotopic (exact) mass is 328 g/mol. The molecule has 0 aliphatic rings. The molecule has 1 rings (SSSR count). The van der Waals surface area contributed by atoms with Gasteiger partial charge in [0, 0.05) is 12.2 Å². The molecule has 0 atom stereocenters. The summed E-state index contributed by atoms with van der Waals surface area (Å²) in [5.74, 6) is -1.37. The summed E-state index contributed by atoms with van der Waals surface area (Å²) < 4.78 is 24.7. The van der Waals surface area contributed by atoms with Gasteiger partial charge in [0.2, 0.25) is 15.9 Å². The number of benzene rings is 1. The summed E-state index contributed by atoms with van der Waals surface area (Å²) >= 11 is 0. The van der Waals surface area contributed by atoms with E-state index in [0.29, 0.717) is 24.2 Å². The molecule has 1 amide bonds. The number of nitrogens with zero attached hydrogens (tertiary/aromatic N) is 1. The third-order valence-electron chi connectivity index (χ3n) is 2.76. The number of carbonyl (C=O) groups is 2. The van der Waals surface area contributed by atoms with E-state index < -0.39 is 16.0 Å². The second kappa shape index (κ2) is 7.79. The highest BCUT2D eigenvalue weighted by molar-refractivity contribution is 7.92. The Morgan fingerprint density at radius 3 is 2.55 bits per heavy atom. The number of hydrogen-bond acceptors (Lipinski definition) is 4. The first-order valence-electron chi connectivity index (χ1n) is 6.77. The van der Waals surface area contributed by atoms with Crippen LogP contribution in [-0.4, -0.2) is 49.6 Å². The molecule has 0 radical (unpaired) electrons. The fourth-order valence-electron chi connectivity index (χ4n) is 1.97. The Labute approximate surface area is 130 Å². The van der Waals surface area contributed by atoms with Crippen molar-refractivity contribution in [2.24, 2.45) is 0 Å². The molecular weight excluding hydrogens is 308 g/mol. The molecule has 0 aromatic heterocycles. The van der Waals surface area contributed by atoms with Crippen LogP contribution in [0.3, 0.4) is 0 Å². The Kier molecular flexibility index (Phi) is 6.36. The average molecular weight is 328 g/mol. The van der Waals surface area contributed by atoms with Crippen LogP contribution in [0.25, 0.3) is 0 Å². The number of rotatable bonds is 8. The number of hydrogen-bond donors (Lipinski definition) is 2. The van der Waals surface area contributed by atoms with Crippen molar-refractivity contribution < 1.29 is 23.1 Å². The minimum Gasteiger partial charge on any atom is -0.480 e. The number of nitrogens with one attached hydrogen (secondary N) is 1. The number of sulfonamides is 1. The Morgan fingerprint density at radius 2 is 2.00 bits per heavy atom. The van der Waals surface area contributed by atoms with Crippen molar-refractivity contribution in [3.05, 3.63) is 29.8 Å². The molecule has 2 N–H and O–H groups in total. The van der Waals surface area contributed by atoms with Crippen LogP contribution < -0.4 is 4.72 Å². The van der Waals surface area contributed by atoms with Gasteiger partial charge in [-0.3, -0.25) is 14.3 Å². The standard InChI is InChI=1S/C14H20N2O5S/c1-3-7-16(10-14(18)19)13(17)9-11-5-4-6-12(8-11)15-22(2,20)21/h4-6,8,15H,3,7,9-10H2,1-2H3,(H,18,19). The highest BCUT2D eigenvalue weighted by Gasteiger charge is 2.16. The lowest BCUT2D eigenvalue weighted by Gasteiger charge is -2.20. The van der Waals surface area contributed by atoms with Crippen LogP contribution in [0.15, 0.2) is 24.3 Å². The average Bonchev–Trinajstić information content (AvgIpc) is 2.36. The maximum absolute atomic E-state index is 12.2. The predicted molar refractivity (Wildman–Crippen MR) is 83.1 cm³/mol. The number of carbonyl (C=O) groups excluding carboxylic acids is 1. The summed E-state index contributed by atoms with van der Waals surface area (Å²) in [7, 11) is -3.39. The first-order chi connectivity index (χ1) is 10.2. The summed E-state index contributed by atoms with van der Waals surface area (Å²) in [4.78, 5) is 24.2. The molecule has 22 heavy (non-hydrogen) atoms. The zero-order valence-electron chi connectivity index (χ0n) is 12.6. The van der Waals surface area contributed by atoms with Gasteiger partial charge in [-0.15, -0.1) is 0 Å². The zero-order valence-corrected chi connectivity index (χ0v) is 13.4. The highest BCUT2D eigenvalue weighted by Crippen LogP contribution is 2.13. The topological polar surface area (TPSA) is 104 Å². The van der Waals surface area contributed by atoms with Gasteiger partial charge in [0.1, 0.15) is 6.54 Å². The third kappa shape index (κ3) is 6.57. The van der Waals surface area contributed by atoms with Crippen LogP contribution in [0, 0.1) is 0 Å². The van der Waals surface area contributed by atoms with Gasteiger partial charge >= 0.3 is 5.97 Å². The van der Waals surface area contributed by atoms with Gasteiger partial charge in [-0.2, -0.15) is 0 Å². The van der Waals surface area contributed by atoms with Crippen molar-refractivity contribution in [3.63, 3.8) is 0 Å². The molecule has 0 aliphatic heterocycles. The van der Waals surface area contributed by atoms with Crippen LogP contribution in [-0.2, 0) is 26.0 Å². The third-order valence-corrected chi connectivity index (χ3v) is 3.36. The van der Waals surface area contributed by atoms with Crippen LogP contribution in [0.5, 0.6) is 0 Å². The first kappa shape index (κ1) is 18.0. The summed E-state index contributed by atoms with van der Waals surface area (Å²) in [5.41, 5.74) is 0.984. The van der Waals surface area contributed by atoms with Crippen molar-refractivity contribution in [1.82, 2.24) is 4.90 Å². The molecule has 7 nitrogen and oxygen atoms in total. The SMILES string of the molecule is CCCN(CC(=O)O)C(=O)Cc1cccc(NS(C)(=O)=O)c1. The number of carboxylic acid groups (broad SMARTS) is 1. The van der Waals surface area contributed by atoms with E-state index in [-0.39, 0.29) is 18.9 Å². The first-order valence-corrected chi connectivity index (χ1v) is 8.66. The lowest BCUT2D eigenvalue weighted by molar-refractivity contribution is -0.144. The highest BCUT2D eigenvalue weighted by atomic mass is 32.2. The van der Waals surface area contributed by atoms with Crippen molar-refractivity contribution in [1.29, 1.82) is 0 Å². The Bertz CT molecular complexity index is 642. The quantitative estimate of drug-likeness (QED) is 0.738. The number of anilines is 1. The maximum atomic E-state index is 12.2. The second-order valence-electron chi connectivity index (χ2n) is 4.96. The molecule has 122 valence electrons. The van der Waals surface area contributed by atoms with Crippen LogP contribution in [0.4, 0.5) is 5.69 Å². The van der Waals surface area contributed by atoms with E-state index in [1.165, 1.54) is 4.90 Å². The largest absolute Gasteiger partial charge is 0.480 e. The van der Waals surface area contributed by atoms with Crippen molar-refractivity contribution in [2.45, 2.75) is 19.8 Å². The predicted octanol–water partition coefficient (Wildman–Crippen LogP) is 0.924. The molecule has 0 unspecified atom stereocenters. The molecule has 0 fully saturated rings. The van der Waals surface area contributed by atoms with E-state index in [1.807, 2.05) is 6.92 Å². The number of amides is 1. The normalized spacial score (nSPS) is 11.0. The van der Waals surface area contributed by atoms with Gasteiger partial charge in [0.15, 0.2) is 0 Å². The maximum Gasteiger partial charge on any atom is 0.323 e. The van der Waals surface area contributed by atoms with Crippen molar-refractivity contribution >= 4 is 27.6 Å². The van der Waals surface area contributed by atoms with Gasteiger partial charge < -0.3 is 10.0 Å². The second-order valence-corrected chi connectivity index (χ2v) is 6.71. The summed E-state index contributed by atoms with van der Waals surface area (Å²) in [6, 6.07) is 6.47. The molecule has 0 aliphatic carbocycles. The fourth-order valence-corrected chi connectivity index (χ4v) is 2.53. The molecule has 0 spiro atoms. The molecular formula is C14H20N2O5S. The van der Waals surface area contributed by atoms with Gasteiger partial charge in [-0.25, -0.2) is 8.42 Å². The van der Waals surface area contributed by atoms with Crippen LogP contribution in [0.2, 0.25) is 0 Å². The van der Waals surface area contributed by atoms with E-state index in [9.17, 15) is 18.0 Å². The van der Waals surface area contributed by atoms with Crippen LogP contribution in [0.1, 0.15) is 18.9 Å².